The smallest absolute Gasteiger partial charge is 0.0462 e. The average Bonchev–Trinajstić information content (AvgIpc) is 4.12. The molecule has 1 fully saturated rings. The predicted octanol–water partition coefficient (Wildman–Crippen LogP) is 17.0. The largest absolute Gasteiger partial charge is 0.311 e. The lowest BCUT2D eigenvalue weighted by atomic mass is 9.83. The van der Waals surface area contributed by atoms with E-state index in [0.29, 0.717) is 5.92 Å². The van der Waals surface area contributed by atoms with Crippen molar-refractivity contribution in [3.05, 3.63) is 284 Å². The zero-order chi connectivity index (χ0) is 43.4. The maximum atomic E-state index is 2.39. The molecule has 1 heteroatoms. The first-order chi connectivity index (χ1) is 32.2. The number of rotatable bonds is 12. The highest BCUT2D eigenvalue weighted by Crippen LogP contribution is 2.60. The van der Waals surface area contributed by atoms with Crippen molar-refractivity contribution in [2.75, 3.05) is 4.90 Å². The van der Waals surface area contributed by atoms with Crippen LogP contribution in [0, 0.1) is 5.92 Å². The topological polar surface area (TPSA) is 3.24 Å². The summed E-state index contributed by atoms with van der Waals surface area (Å²) < 4.78 is 0. The molecule has 10 aromatic carbocycles. The van der Waals surface area contributed by atoms with Gasteiger partial charge >= 0.3 is 0 Å². The van der Waals surface area contributed by atoms with Crippen molar-refractivity contribution in [3.8, 4) is 55.6 Å². The van der Waals surface area contributed by atoms with Crippen LogP contribution in [0.15, 0.2) is 267 Å². The fourth-order valence-corrected chi connectivity index (χ4v) is 9.87. The van der Waals surface area contributed by atoms with Crippen LogP contribution in [0.1, 0.15) is 23.1 Å². The van der Waals surface area contributed by atoms with Gasteiger partial charge < -0.3 is 4.90 Å². The summed E-state index contributed by atoms with van der Waals surface area (Å²) in [5.41, 5.74) is 19.8. The number of hydrogen-bond donors (Lipinski definition) is 0. The van der Waals surface area contributed by atoms with E-state index in [1.54, 1.807) is 0 Å². The molecule has 1 saturated carbocycles. The number of hydrogen-bond acceptors (Lipinski definition) is 1. The molecule has 0 N–H and O–H groups in total. The van der Waals surface area contributed by atoms with Crippen LogP contribution in [0.25, 0.3) is 55.6 Å². The zero-order valence-corrected chi connectivity index (χ0v) is 36.3. The SMILES string of the molecule is c1ccc(-c2ccc(CC3CC3(c3ccc(-c4ccccc4)cc3)c3ccc(-c4ccc(N(c5ccc(-c6ccccc6)cc5)c5ccc(-c6ccccc6)cc5)cc4)cc3)cc2)cc1. The molecule has 310 valence electrons. The van der Waals surface area contributed by atoms with E-state index < -0.39 is 0 Å². The van der Waals surface area contributed by atoms with Gasteiger partial charge in [-0.3, -0.25) is 0 Å². The molecule has 0 bridgehead atoms. The molecular weight excluding hydrogens is 783 g/mol. The fraction of sp³-hybridized carbons (Fsp3) is 0.0625. The van der Waals surface area contributed by atoms with Crippen LogP contribution in [0.2, 0.25) is 0 Å². The Morgan fingerprint density at radius 1 is 0.277 bits per heavy atom. The van der Waals surface area contributed by atoms with Crippen molar-refractivity contribution < 1.29 is 0 Å². The fourth-order valence-electron chi connectivity index (χ4n) is 9.87. The van der Waals surface area contributed by atoms with E-state index in [0.717, 1.165) is 29.9 Å². The molecule has 0 amide bonds. The summed E-state index contributed by atoms with van der Waals surface area (Å²) in [6.07, 6.45) is 2.17. The summed E-state index contributed by atoms with van der Waals surface area (Å²) in [4.78, 5) is 2.35. The molecule has 10 aromatic rings. The Bertz CT molecular complexity index is 3020. The standard InChI is InChI=1S/C64H49N/c1-5-13-48(14-6-1)52-23-21-47(22-24-52)45-60-46-64(60,58-35-25-53(26-36-58)49-15-7-2-8-16-49)59-37-27-54(28-38-59)57-33-43-63(44-34-57)65(61-39-29-55(30-40-61)50-17-9-3-10-18-50)62-41-31-56(32-42-62)51-19-11-4-12-20-51/h1-44,60H,45-46H2. The van der Waals surface area contributed by atoms with Crippen LogP contribution in [0.3, 0.4) is 0 Å². The van der Waals surface area contributed by atoms with Gasteiger partial charge in [0.1, 0.15) is 0 Å². The van der Waals surface area contributed by atoms with Crippen LogP contribution >= 0.6 is 0 Å². The van der Waals surface area contributed by atoms with Crippen molar-refractivity contribution >= 4 is 17.1 Å². The molecule has 11 rings (SSSR count). The third-order valence-electron chi connectivity index (χ3n) is 13.5. The zero-order valence-electron chi connectivity index (χ0n) is 36.3. The first kappa shape index (κ1) is 39.8. The normalized spacial score (nSPS) is 15.3. The van der Waals surface area contributed by atoms with Gasteiger partial charge in [-0.25, -0.2) is 0 Å². The minimum atomic E-state index is -0.0394. The molecule has 0 saturated heterocycles. The minimum Gasteiger partial charge on any atom is -0.311 e. The summed E-state index contributed by atoms with van der Waals surface area (Å²) in [6.45, 7) is 0. The number of benzene rings is 10. The Hall–Kier alpha value is -8.00. The molecule has 1 aliphatic rings. The van der Waals surface area contributed by atoms with Crippen molar-refractivity contribution in [2.45, 2.75) is 18.3 Å². The molecule has 2 atom stereocenters. The van der Waals surface area contributed by atoms with E-state index in [2.05, 4.69) is 272 Å². The maximum Gasteiger partial charge on any atom is 0.0462 e. The lowest BCUT2D eigenvalue weighted by Crippen LogP contribution is -2.13. The highest BCUT2D eigenvalue weighted by molar-refractivity contribution is 5.81. The first-order valence-electron chi connectivity index (χ1n) is 22.8. The molecule has 2 unspecified atom stereocenters. The van der Waals surface area contributed by atoms with Gasteiger partial charge in [-0.1, -0.05) is 231 Å². The Morgan fingerprint density at radius 3 is 0.815 bits per heavy atom. The van der Waals surface area contributed by atoms with Crippen molar-refractivity contribution in [2.24, 2.45) is 5.92 Å². The molecule has 65 heavy (non-hydrogen) atoms. The quantitative estimate of drug-likeness (QED) is 0.119. The summed E-state index contributed by atoms with van der Waals surface area (Å²) >= 11 is 0. The Balaban J connectivity index is 0.885. The highest BCUT2D eigenvalue weighted by Gasteiger charge is 2.55. The number of anilines is 3. The van der Waals surface area contributed by atoms with Gasteiger partial charge in [-0.05, 0) is 127 Å². The molecule has 1 aliphatic carbocycles. The molecule has 0 heterocycles. The average molecular weight is 832 g/mol. The first-order valence-corrected chi connectivity index (χ1v) is 22.8. The molecule has 0 spiro atoms. The second-order valence-corrected chi connectivity index (χ2v) is 17.4. The van der Waals surface area contributed by atoms with E-state index in [-0.39, 0.29) is 5.41 Å². The summed E-state index contributed by atoms with van der Waals surface area (Å²) in [5, 5.41) is 0. The van der Waals surface area contributed by atoms with Crippen molar-refractivity contribution in [1.82, 2.24) is 0 Å². The molecule has 0 radical (unpaired) electrons. The highest BCUT2D eigenvalue weighted by atomic mass is 15.1. The van der Waals surface area contributed by atoms with Gasteiger partial charge in [0.05, 0.1) is 0 Å². The summed E-state index contributed by atoms with van der Waals surface area (Å²) in [6, 6.07) is 97.5. The summed E-state index contributed by atoms with van der Waals surface area (Å²) in [5.74, 6) is 0.507. The monoisotopic (exact) mass is 831 g/mol. The van der Waals surface area contributed by atoms with Crippen LogP contribution in [0.4, 0.5) is 17.1 Å². The molecule has 0 aliphatic heterocycles. The van der Waals surface area contributed by atoms with Crippen molar-refractivity contribution in [3.63, 3.8) is 0 Å². The Labute approximate surface area is 383 Å². The van der Waals surface area contributed by atoms with E-state index >= 15 is 0 Å². The third-order valence-corrected chi connectivity index (χ3v) is 13.5. The van der Waals surface area contributed by atoms with Crippen LogP contribution in [-0.2, 0) is 11.8 Å². The number of nitrogens with zero attached hydrogens (tertiary/aromatic N) is 1. The van der Waals surface area contributed by atoms with Gasteiger partial charge in [0.25, 0.3) is 0 Å². The van der Waals surface area contributed by atoms with Crippen LogP contribution in [0.5, 0.6) is 0 Å². The van der Waals surface area contributed by atoms with Gasteiger partial charge in [-0.2, -0.15) is 0 Å². The second-order valence-electron chi connectivity index (χ2n) is 17.4. The molecular formula is C64H49N. The molecule has 0 aromatic heterocycles. The minimum absolute atomic E-state index is 0.0394. The van der Waals surface area contributed by atoms with Gasteiger partial charge in [-0.15, -0.1) is 0 Å². The second kappa shape index (κ2) is 17.6. The molecule has 1 nitrogen and oxygen atoms in total. The van der Waals surface area contributed by atoms with Crippen molar-refractivity contribution in [1.29, 1.82) is 0 Å². The Kier molecular flexibility index (Phi) is 10.8. The predicted molar refractivity (Wildman–Crippen MR) is 274 cm³/mol. The van der Waals surface area contributed by atoms with E-state index in [1.165, 1.54) is 72.3 Å². The lowest BCUT2D eigenvalue weighted by Gasteiger charge is -2.26. The maximum absolute atomic E-state index is 2.39. The summed E-state index contributed by atoms with van der Waals surface area (Å²) in [7, 11) is 0. The van der Waals surface area contributed by atoms with E-state index in [4.69, 9.17) is 0 Å². The Morgan fingerprint density at radius 2 is 0.523 bits per heavy atom. The van der Waals surface area contributed by atoms with Crippen LogP contribution < -0.4 is 4.90 Å². The van der Waals surface area contributed by atoms with Gasteiger partial charge in [0.15, 0.2) is 0 Å². The van der Waals surface area contributed by atoms with E-state index in [1.807, 2.05) is 0 Å². The van der Waals surface area contributed by atoms with E-state index in [9.17, 15) is 0 Å². The lowest BCUT2D eigenvalue weighted by molar-refractivity contribution is 0.692. The van der Waals surface area contributed by atoms with Gasteiger partial charge in [0, 0.05) is 22.5 Å². The van der Waals surface area contributed by atoms with Crippen LogP contribution in [-0.4, -0.2) is 0 Å². The van der Waals surface area contributed by atoms with Gasteiger partial charge in [0.2, 0.25) is 0 Å². The third kappa shape index (κ3) is 8.21.